The highest BCUT2D eigenvalue weighted by molar-refractivity contribution is 6.63. The first-order valence-electron chi connectivity index (χ1n) is 17.2. The molecule has 17 nitrogen and oxygen atoms in total. The summed E-state index contributed by atoms with van der Waals surface area (Å²) in [6, 6.07) is 25.5. The minimum absolute atomic E-state index is 0.107. The van der Waals surface area contributed by atoms with Gasteiger partial charge >= 0.3 is 27.3 Å². The molecular formula is C36H39B3N2O15. The molecule has 0 saturated heterocycles. The highest BCUT2D eigenvalue weighted by Gasteiger charge is 2.33. The Balaban J connectivity index is 0.000000166. The SMILES string of the molecule is O=C(COc1cccc2c1B(O)OC2)NCO.O=C(COc1cccc2c1B(O)OC2)NCOCc1ccccc1.O=C(O)COc1cccc2c1B(O)OC2. The monoisotopic (exact) mass is 772 g/mol. The van der Waals surface area contributed by atoms with Gasteiger partial charge in [-0.15, -0.1) is 0 Å². The quantitative estimate of drug-likeness (QED) is 0.0429. The summed E-state index contributed by atoms with van der Waals surface area (Å²) in [7, 11) is -3.04. The molecule has 3 aliphatic heterocycles. The molecule has 0 fully saturated rings. The lowest BCUT2D eigenvalue weighted by Crippen LogP contribution is -2.34. The lowest BCUT2D eigenvalue weighted by molar-refractivity contribution is -0.139. The third-order valence-corrected chi connectivity index (χ3v) is 8.23. The summed E-state index contributed by atoms with van der Waals surface area (Å²) in [5.74, 6) is -0.549. The number of aliphatic carboxylic acids is 1. The molecule has 0 aromatic heterocycles. The molecule has 2 amide bonds. The van der Waals surface area contributed by atoms with Crippen molar-refractivity contribution in [1.29, 1.82) is 0 Å². The molecule has 292 valence electrons. The van der Waals surface area contributed by atoms with Gasteiger partial charge in [0, 0.05) is 16.4 Å². The van der Waals surface area contributed by atoms with Crippen molar-refractivity contribution in [1.82, 2.24) is 10.6 Å². The second kappa shape index (κ2) is 21.0. The molecule has 56 heavy (non-hydrogen) atoms. The van der Waals surface area contributed by atoms with Gasteiger partial charge in [0.05, 0.1) is 26.4 Å². The number of carbonyl (C=O) groups is 3. The van der Waals surface area contributed by atoms with Crippen LogP contribution in [0.1, 0.15) is 22.3 Å². The Morgan fingerprint density at radius 3 is 1.45 bits per heavy atom. The van der Waals surface area contributed by atoms with E-state index in [9.17, 15) is 29.5 Å². The van der Waals surface area contributed by atoms with Crippen molar-refractivity contribution in [3.63, 3.8) is 0 Å². The van der Waals surface area contributed by atoms with Crippen molar-refractivity contribution in [2.24, 2.45) is 0 Å². The number of ether oxygens (including phenoxy) is 4. The number of hydrogen-bond donors (Lipinski definition) is 7. The largest absolute Gasteiger partial charge is 0.495 e. The molecule has 4 aromatic carbocycles. The molecule has 0 radical (unpaired) electrons. The molecule has 3 aliphatic rings. The Kier molecular flexibility index (Phi) is 15.7. The molecule has 0 aliphatic carbocycles. The highest BCUT2D eigenvalue weighted by atomic mass is 16.5. The Labute approximate surface area is 322 Å². The van der Waals surface area contributed by atoms with Gasteiger partial charge in [0.25, 0.3) is 11.8 Å². The zero-order valence-corrected chi connectivity index (χ0v) is 30.0. The van der Waals surface area contributed by atoms with Gasteiger partial charge in [-0.25, -0.2) is 4.79 Å². The van der Waals surface area contributed by atoms with Crippen LogP contribution in [0.3, 0.4) is 0 Å². The number of aliphatic hydroxyl groups is 1. The molecule has 20 heteroatoms. The molecule has 7 rings (SSSR count). The standard InChI is InChI=1S/C17H18BNO5.C10H12BNO5.C9H9BO5/c20-16(19-12-22-9-13-5-2-1-3-6-13)11-23-15-8-4-7-14-10-24-18(21)17(14)15;13-6-12-9(14)5-16-8-3-1-2-7-4-17-11(15)10(7)8;11-8(12)5-14-7-3-1-2-6-4-15-10(13)9(6)7/h1-8,21H,9-12H2,(H,19,20);1-3,13,15H,4-6H2,(H,12,14);1-3,13H,4-5H2,(H,11,12). The van der Waals surface area contributed by atoms with Gasteiger partial charge in [-0.05, 0) is 40.5 Å². The van der Waals surface area contributed by atoms with E-state index in [4.69, 9.17) is 43.1 Å². The molecule has 7 N–H and O–H groups in total. The number of fused-ring (bicyclic) bond motifs is 3. The summed E-state index contributed by atoms with van der Waals surface area (Å²) in [6.07, 6.45) is 0. The lowest BCUT2D eigenvalue weighted by atomic mass is 9.79. The molecule has 0 unspecified atom stereocenters. The Morgan fingerprint density at radius 2 is 1.02 bits per heavy atom. The smallest absolute Gasteiger partial charge is 0.484 e. The fourth-order valence-electron chi connectivity index (χ4n) is 5.61. The van der Waals surface area contributed by atoms with Crippen LogP contribution in [-0.2, 0) is 59.5 Å². The first-order valence-corrected chi connectivity index (χ1v) is 17.2. The van der Waals surface area contributed by atoms with Crippen LogP contribution in [0.4, 0.5) is 0 Å². The van der Waals surface area contributed by atoms with Crippen molar-refractivity contribution in [3.05, 3.63) is 107 Å². The van der Waals surface area contributed by atoms with E-state index in [1.165, 1.54) is 0 Å². The number of carboxylic acids is 1. The average molecular weight is 772 g/mol. The number of benzene rings is 4. The molecular weight excluding hydrogens is 733 g/mol. The van der Waals surface area contributed by atoms with Gasteiger partial charge < -0.3 is 68.8 Å². The predicted octanol–water partition coefficient (Wildman–Crippen LogP) is -1.71. The van der Waals surface area contributed by atoms with Gasteiger partial charge in [0.2, 0.25) is 0 Å². The number of carbonyl (C=O) groups excluding carboxylic acids is 2. The maximum Gasteiger partial charge on any atom is 0.495 e. The van der Waals surface area contributed by atoms with Gasteiger partial charge in [0.1, 0.15) is 30.7 Å². The van der Waals surface area contributed by atoms with E-state index in [0.717, 1.165) is 22.3 Å². The van der Waals surface area contributed by atoms with E-state index >= 15 is 0 Å². The van der Waals surface area contributed by atoms with Crippen molar-refractivity contribution >= 4 is 55.5 Å². The number of rotatable bonds is 14. The van der Waals surface area contributed by atoms with E-state index in [1.807, 2.05) is 42.5 Å². The number of nitrogens with one attached hydrogen (secondary N) is 2. The summed E-state index contributed by atoms with van der Waals surface area (Å²) in [6.45, 7) is 0.295. The first-order chi connectivity index (χ1) is 27.1. The lowest BCUT2D eigenvalue weighted by Gasteiger charge is -2.11. The van der Waals surface area contributed by atoms with Gasteiger partial charge in [-0.1, -0.05) is 66.7 Å². The van der Waals surface area contributed by atoms with Gasteiger partial charge in [0.15, 0.2) is 19.8 Å². The highest BCUT2D eigenvalue weighted by Crippen LogP contribution is 2.20. The van der Waals surface area contributed by atoms with E-state index in [0.29, 0.717) is 60.1 Å². The number of carboxylic acid groups (broad SMARTS) is 1. The summed E-state index contributed by atoms with van der Waals surface area (Å²) >= 11 is 0. The summed E-state index contributed by atoms with van der Waals surface area (Å²) in [5, 5.41) is 50.6. The summed E-state index contributed by atoms with van der Waals surface area (Å²) in [5.41, 5.74) is 5.25. The number of amides is 2. The number of hydrogen-bond acceptors (Lipinski definition) is 14. The van der Waals surface area contributed by atoms with Crippen molar-refractivity contribution < 1.29 is 72.6 Å². The van der Waals surface area contributed by atoms with Crippen molar-refractivity contribution in [2.45, 2.75) is 26.4 Å². The predicted molar refractivity (Wildman–Crippen MR) is 200 cm³/mol. The van der Waals surface area contributed by atoms with E-state index < -0.39 is 46.6 Å². The minimum atomic E-state index is -1.05. The number of aliphatic hydroxyl groups excluding tert-OH is 1. The first kappa shape index (κ1) is 41.7. The van der Waals surface area contributed by atoms with Crippen LogP contribution in [0.25, 0.3) is 0 Å². The normalized spacial score (nSPS) is 13.2. The molecule has 0 saturated carbocycles. The van der Waals surface area contributed by atoms with Crippen LogP contribution >= 0.6 is 0 Å². The zero-order chi connectivity index (χ0) is 39.9. The Morgan fingerprint density at radius 1 is 0.589 bits per heavy atom. The van der Waals surface area contributed by atoms with Crippen molar-refractivity contribution in [2.75, 3.05) is 33.3 Å². The fourth-order valence-corrected chi connectivity index (χ4v) is 5.61. The fraction of sp³-hybridized carbons (Fsp3) is 0.250. The van der Waals surface area contributed by atoms with Crippen molar-refractivity contribution in [3.8, 4) is 17.2 Å². The second-order valence-corrected chi connectivity index (χ2v) is 12.1. The third-order valence-electron chi connectivity index (χ3n) is 8.23. The van der Waals surface area contributed by atoms with E-state index in [1.54, 1.807) is 42.5 Å². The van der Waals surface area contributed by atoms with E-state index in [-0.39, 0.29) is 25.9 Å². The van der Waals surface area contributed by atoms with Gasteiger partial charge in [-0.3, -0.25) is 9.59 Å². The summed E-state index contributed by atoms with van der Waals surface area (Å²) in [4.78, 5) is 33.2. The van der Waals surface area contributed by atoms with Gasteiger partial charge in [-0.2, -0.15) is 0 Å². The molecule has 3 heterocycles. The van der Waals surface area contributed by atoms with Crippen LogP contribution in [-0.4, -0.2) is 97.7 Å². The molecule has 0 atom stereocenters. The maximum absolute atomic E-state index is 11.8. The van der Waals surface area contributed by atoms with E-state index in [2.05, 4.69) is 10.6 Å². The maximum atomic E-state index is 11.8. The van der Waals surface area contributed by atoms with Crippen LogP contribution in [0.15, 0.2) is 84.9 Å². The second-order valence-electron chi connectivity index (χ2n) is 12.1. The van der Waals surface area contributed by atoms with Crippen LogP contribution in [0, 0.1) is 0 Å². The molecule has 0 bridgehead atoms. The third kappa shape index (κ3) is 11.8. The van der Waals surface area contributed by atoms with Crippen LogP contribution < -0.4 is 41.2 Å². The molecule has 0 spiro atoms. The average Bonchev–Trinajstić information content (AvgIpc) is 3.91. The Bertz CT molecular complexity index is 1940. The summed E-state index contributed by atoms with van der Waals surface area (Å²) < 4.78 is 36.4. The zero-order valence-electron chi connectivity index (χ0n) is 30.0. The van der Waals surface area contributed by atoms with Crippen LogP contribution in [0.5, 0.6) is 17.2 Å². The van der Waals surface area contributed by atoms with Crippen LogP contribution in [0.2, 0.25) is 0 Å². The minimum Gasteiger partial charge on any atom is -0.484 e. The topological polar surface area (TPSA) is 241 Å². The molecule has 4 aromatic rings. The Hall–Kier alpha value is -5.44.